The first-order valence-electron chi connectivity index (χ1n) is 2.96. The smallest absolute Gasteiger partial charge is 0.209 e. The Labute approximate surface area is 70.4 Å². The predicted octanol–water partition coefficient (Wildman–Crippen LogP) is 1.37. The van der Waals surface area contributed by atoms with Crippen LogP contribution in [0.1, 0.15) is 11.4 Å². The molecule has 0 aliphatic carbocycles. The van der Waals surface area contributed by atoms with Crippen LogP contribution >= 0.6 is 11.8 Å². The van der Waals surface area contributed by atoms with E-state index in [0.717, 1.165) is 16.5 Å². The lowest BCUT2D eigenvalue weighted by molar-refractivity contribution is 0.790. The first-order chi connectivity index (χ1) is 4.74. The first-order valence-corrected chi connectivity index (χ1v) is 4.18. The highest BCUT2D eigenvalue weighted by Gasteiger charge is 1.97. The van der Waals surface area contributed by atoms with Gasteiger partial charge in [-0.1, -0.05) is 11.8 Å². The molecule has 0 aliphatic rings. The Hall–Kier alpha value is -0.680. The van der Waals surface area contributed by atoms with E-state index in [0.29, 0.717) is 0 Å². The van der Waals surface area contributed by atoms with Gasteiger partial charge in [0.25, 0.3) is 0 Å². The highest BCUT2D eigenvalue weighted by atomic mass is 32.2. The molecule has 1 heterocycles. The number of hydrogen-bond acceptors (Lipinski definition) is 5. The molecule has 1 aromatic heterocycles. The molecule has 0 radical (unpaired) electrons. The Bertz CT molecular complexity index is 238. The van der Waals surface area contributed by atoms with Crippen molar-refractivity contribution < 1.29 is 0 Å². The van der Waals surface area contributed by atoms with Crippen LogP contribution in [0.2, 0.25) is 0 Å². The summed E-state index contributed by atoms with van der Waals surface area (Å²) in [6, 6.07) is 0. The van der Waals surface area contributed by atoms with Crippen LogP contribution in [0.4, 0.5) is 0 Å². The van der Waals surface area contributed by atoms with E-state index in [2.05, 4.69) is 15.2 Å². The van der Waals surface area contributed by atoms with E-state index in [1.807, 2.05) is 20.1 Å². The van der Waals surface area contributed by atoms with Gasteiger partial charge in [0, 0.05) is 0 Å². The van der Waals surface area contributed by atoms with Gasteiger partial charge >= 0.3 is 0 Å². The summed E-state index contributed by atoms with van der Waals surface area (Å²) in [6.07, 6.45) is 1.94. The zero-order valence-corrected chi connectivity index (χ0v) is 7.77. The van der Waals surface area contributed by atoms with Gasteiger partial charge in [0.1, 0.15) is 0 Å². The molecule has 11 heavy (non-hydrogen) atoms. The number of thioether (sulfide) groups is 1. The van der Waals surface area contributed by atoms with Crippen molar-refractivity contribution in [3.63, 3.8) is 0 Å². The highest BCUT2D eigenvalue weighted by Crippen LogP contribution is 2.07. The predicted molar refractivity (Wildman–Crippen MR) is 46.1 cm³/mol. The summed E-state index contributed by atoms with van der Waals surface area (Å²) in [4.78, 5) is 4.18. The molecule has 0 saturated carbocycles. The standard InChI is InChI=1S/C6H9N3S.H3N/c1-4-5(2)8-9-6(7-4)10-3;/h1-3H3;1H3. The minimum Gasteiger partial charge on any atom is -0.344 e. The van der Waals surface area contributed by atoms with Crippen LogP contribution in [0.5, 0.6) is 0 Å². The Morgan fingerprint density at radius 2 is 1.73 bits per heavy atom. The van der Waals surface area contributed by atoms with Gasteiger partial charge < -0.3 is 6.15 Å². The van der Waals surface area contributed by atoms with Gasteiger partial charge in [-0.2, -0.15) is 5.10 Å². The van der Waals surface area contributed by atoms with Crippen molar-refractivity contribution in [2.75, 3.05) is 6.26 Å². The molecule has 0 atom stereocenters. The van der Waals surface area contributed by atoms with E-state index < -0.39 is 0 Å². The van der Waals surface area contributed by atoms with Crippen molar-refractivity contribution in [2.45, 2.75) is 19.0 Å². The lowest BCUT2D eigenvalue weighted by Crippen LogP contribution is -1.96. The van der Waals surface area contributed by atoms with Gasteiger partial charge in [0.15, 0.2) is 0 Å². The van der Waals surface area contributed by atoms with Crippen LogP contribution in [-0.2, 0) is 0 Å². The maximum absolute atomic E-state index is 4.18. The monoisotopic (exact) mass is 172 g/mol. The Kier molecular flexibility index (Phi) is 3.99. The Morgan fingerprint density at radius 1 is 1.09 bits per heavy atom. The summed E-state index contributed by atoms with van der Waals surface area (Å²) in [5, 5.41) is 8.51. The molecule has 0 spiro atoms. The van der Waals surface area contributed by atoms with Crippen LogP contribution < -0.4 is 6.15 Å². The fourth-order valence-corrected chi connectivity index (χ4v) is 0.874. The number of aryl methyl sites for hydroxylation is 2. The highest BCUT2D eigenvalue weighted by molar-refractivity contribution is 7.98. The number of nitrogens with zero attached hydrogens (tertiary/aromatic N) is 3. The maximum atomic E-state index is 4.18. The van der Waals surface area contributed by atoms with E-state index in [9.17, 15) is 0 Å². The molecule has 0 amide bonds. The average Bonchev–Trinajstić information content (AvgIpc) is 1.95. The van der Waals surface area contributed by atoms with Crippen LogP contribution in [0.15, 0.2) is 5.16 Å². The van der Waals surface area contributed by atoms with Gasteiger partial charge in [0.05, 0.1) is 11.4 Å². The van der Waals surface area contributed by atoms with Crippen molar-refractivity contribution >= 4 is 11.8 Å². The van der Waals surface area contributed by atoms with Gasteiger partial charge in [-0.25, -0.2) is 4.98 Å². The van der Waals surface area contributed by atoms with Crippen molar-refractivity contribution in [1.82, 2.24) is 21.3 Å². The molecule has 0 unspecified atom stereocenters. The maximum Gasteiger partial charge on any atom is 0.209 e. The second-order valence-electron chi connectivity index (χ2n) is 1.97. The van der Waals surface area contributed by atoms with Crippen molar-refractivity contribution in [1.29, 1.82) is 0 Å². The summed E-state index contributed by atoms with van der Waals surface area (Å²) < 4.78 is 0. The second-order valence-corrected chi connectivity index (χ2v) is 2.74. The summed E-state index contributed by atoms with van der Waals surface area (Å²) in [6.45, 7) is 3.84. The molecule has 5 heteroatoms. The third-order valence-electron chi connectivity index (χ3n) is 1.26. The first kappa shape index (κ1) is 10.3. The molecular weight excluding hydrogens is 160 g/mol. The molecule has 4 nitrogen and oxygen atoms in total. The Morgan fingerprint density at radius 3 is 2.18 bits per heavy atom. The zero-order valence-electron chi connectivity index (χ0n) is 6.96. The molecule has 0 fully saturated rings. The van der Waals surface area contributed by atoms with E-state index >= 15 is 0 Å². The summed E-state index contributed by atoms with van der Waals surface area (Å²) in [5.74, 6) is 0. The van der Waals surface area contributed by atoms with Crippen molar-refractivity contribution in [3.05, 3.63) is 11.4 Å². The number of aromatic nitrogens is 3. The lowest BCUT2D eigenvalue weighted by atomic mass is 10.4. The summed E-state index contributed by atoms with van der Waals surface area (Å²) in [5.41, 5.74) is 1.86. The van der Waals surface area contributed by atoms with Gasteiger partial charge in [-0.15, -0.1) is 5.10 Å². The summed E-state index contributed by atoms with van der Waals surface area (Å²) in [7, 11) is 0. The fraction of sp³-hybridized carbons (Fsp3) is 0.500. The minimum atomic E-state index is 0. The molecule has 3 N–H and O–H groups in total. The van der Waals surface area contributed by atoms with Crippen molar-refractivity contribution in [3.8, 4) is 0 Å². The lowest BCUT2D eigenvalue weighted by Gasteiger charge is -1.96. The Balaban J connectivity index is 0.000001000. The van der Waals surface area contributed by atoms with E-state index in [1.165, 1.54) is 11.8 Å². The van der Waals surface area contributed by atoms with Crippen LogP contribution in [0, 0.1) is 13.8 Å². The fourth-order valence-electron chi connectivity index (χ4n) is 0.523. The number of rotatable bonds is 1. The van der Waals surface area contributed by atoms with Crippen molar-refractivity contribution in [2.24, 2.45) is 0 Å². The van der Waals surface area contributed by atoms with Crippen LogP contribution in [0.25, 0.3) is 0 Å². The third kappa shape index (κ3) is 2.44. The number of hydrogen-bond donors (Lipinski definition) is 1. The summed E-state index contributed by atoms with van der Waals surface area (Å²) >= 11 is 1.51. The van der Waals surface area contributed by atoms with Gasteiger partial charge in [-0.3, -0.25) is 0 Å². The molecule has 62 valence electrons. The van der Waals surface area contributed by atoms with E-state index in [1.54, 1.807) is 0 Å². The minimum absolute atomic E-state index is 0. The van der Waals surface area contributed by atoms with Gasteiger partial charge in [0.2, 0.25) is 5.16 Å². The molecule has 0 saturated heterocycles. The molecule has 1 aromatic rings. The van der Waals surface area contributed by atoms with E-state index in [4.69, 9.17) is 0 Å². The zero-order chi connectivity index (χ0) is 7.56. The molecule has 0 bridgehead atoms. The molecular formula is C6H12N4S. The largest absolute Gasteiger partial charge is 0.344 e. The van der Waals surface area contributed by atoms with E-state index in [-0.39, 0.29) is 6.15 Å². The molecule has 1 rings (SSSR count). The van der Waals surface area contributed by atoms with Crippen LogP contribution in [-0.4, -0.2) is 21.4 Å². The average molecular weight is 172 g/mol. The van der Waals surface area contributed by atoms with Gasteiger partial charge in [-0.05, 0) is 20.1 Å². The third-order valence-corrected chi connectivity index (χ3v) is 1.79. The second kappa shape index (κ2) is 4.25. The van der Waals surface area contributed by atoms with Crippen LogP contribution in [0.3, 0.4) is 0 Å². The quantitative estimate of drug-likeness (QED) is 0.648. The SMILES string of the molecule is CSc1nnc(C)c(C)n1.N. The molecule has 0 aromatic carbocycles. The molecule has 0 aliphatic heterocycles. The normalized spacial score (nSPS) is 9.00. The topological polar surface area (TPSA) is 73.7 Å².